The number of morpholine rings is 1. The number of halogens is 2. The number of amides is 2. The topological polar surface area (TPSA) is 96.2 Å². The molecule has 174 valence electrons. The average Bonchev–Trinajstić information content (AvgIpc) is 3.08. The van der Waals surface area contributed by atoms with E-state index in [9.17, 15) is 14.7 Å². The summed E-state index contributed by atoms with van der Waals surface area (Å²) < 4.78 is 37.9. The normalized spacial score (nSPS) is 18.5. The van der Waals surface area contributed by atoms with Crippen LogP contribution in [0, 0.1) is 18.6 Å². The van der Waals surface area contributed by atoms with E-state index in [1.807, 2.05) is 13.0 Å². The zero-order valence-electron chi connectivity index (χ0n) is 18.5. The fourth-order valence-electron chi connectivity index (χ4n) is 4.20. The first-order chi connectivity index (χ1) is 15.6. The molecular formula is C23H24F2N4O4. The minimum Gasteiger partial charge on any atom is -0.465 e. The molecule has 1 saturated heterocycles. The number of ether oxygens (including phenoxy) is 1. The number of benzene rings is 1. The monoisotopic (exact) mass is 458 g/mol. The van der Waals surface area contributed by atoms with Gasteiger partial charge in [0.1, 0.15) is 17.3 Å². The molecule has 10 heteroatoms. The molecule has 0 bridgehead atoms. The highest BCUT2D eigenvalue weighted by molar-refractivity contribution is 5.94. The van der Waals surface area contributed by atoms with Crippen molar-refractivity contribution in [3.8, 4) is 11.3 Å². The van der Waals surface area contributed by atoms with Crippen LogP contribution in [-0.2, 0) is 11.2 Å². The lowest BCUT2D eigenvalue weighted by atomic mass is 9.94. The number of carbonyl (C=O) groups is 2. The van der Waals surface area contributed by atoms with Crippen molar-refractivity contribution in [1.82, 2.24) is 19.6 Å². The van der Waals surface area contributed by atoms with Gasteiger partial charge in [-0.05, 0) is 43.7 Å². The van der Waals surface area contributed by atoms with E-state index in [2.05, 4.69) is 10.3 Å². The quantitative estimate of drug-likeness (QED) is 0.626. The van der Waals surface area contributed by atoms with Gasteiger partial charge in [0.15, 0.2) is 0 Å². The Morgan fingerprint density at radius 3 is 2.61 bits per heavy atom. The first kappa shape index (κ1) is 22.7. The molecule has 0 saturated carbocycles. The summed E-state index contributed by atoms with van der Waals surface area (Å²) in [4.78, 5) is 29.1. The molecule has 1 aromatic carbocycles. The molecule has 1 unspecified atom stereocenters. The minimum absolute atomic E-state index is 0.0799. The number of nitrogens with zero attached hydrogens (tertiary/aromatic N) is 3. The van der Waals surface area contributed by atoms with E-state index < -0.39 is 29.2 Å². The average molecular weight is 458 g/mol. The van der Waals surface area contributed by atoms with Crippen LogP contribution in [-0.4, -0.2) is 63.7 Å². The fraction of sp³-hybridized carbons (Fsp3) is 0.348. The highest BCUT2D eigenvalue weighted by Crippen LogP contribution is 2.34. The highest BCUT2D eigenvalue weighted by atomic mass is 19.1. The molecule has 0 aliphatic carbocycles. The zero-order chi connectivity index (χ0) is 23.9. The summed E-state index contributed by atoms with van der Waals surface area (Å²) in [5, 5.41) is 11.8. The minimum atomic E-state index is -1.06. The first-order valence-electron chi connectivity index (χ1n) is 10.4. The van der Waals surface area contributed by atoms with Crippen LogP contribution in [0.4, 0.5) is 13.6 Å². The molecule has 1 fully saturated rings. The third kappa shape index (κ3) is 4.25. The predicted molar refractivity (Wildman–Crippen MR) is 116 cm³/mol. The van der Waals surface area contributed by atoms with Crippen molar-refractivity contribution in [3.05, 3.63) is 58.9 Å². The first-order valence-corrected chi connectivity index (χ1v) is 10.4. The number of aryl methyl sites for hydroxylation is 1. The van der Waals surface area contributed by atoms with E-state index >= 15 is 8.78 Å². The van der Waals surface area contributed by atoms with Crippen molar-refractivity contribution in [2.75, 3.05) is 26.7 Å². The maximum atomic E-state index is 15.1. The standard InChI is InChI=1S/C23H24F2N4O4/c1-13-4-5-29-17(11-23(2)12-28(22(31)32)6-7-33-23)20(27-18(29)8-13)19-15(24)9-14(10-16(19)25)21(30)26-3/h4-5,8-10H,6-7,11-12H2,1-3H3,(H,26,30)(H,31,32). The van der Waals surface area contributed by atoms with Crippen LogP contribution in [0.25, 0.3) is 16.9 Å². The maximum Gasteiger partial charge on any atom is 0.407 e. The third-order valence-corrected chi connectivity index (χ3v) is 5.80. The Bertz CT molecular complexity index is 1240. The summed E-state index contributed by atoms with van der Waals surface area (Å²) in [6.45, 7) is 4.19. The number of imidazole rings is 1. The molecule has 1 atom stereocenters. The molecule has 33 heavy (non-hydrogen) atoms. The lowest BCUT2D eigenvalue weighted by Crippen LogP contribution is -2.53. The van der Waals surface area contributed by atoms with Crippen LogP contribution in [0.3, 0.4) is 0 Å². The second kappa shape index (κ2) is 8.43. The lowest BCUT2D eigenvalue weighted by molar-refractivity contribution is -0.0898. The lowest BCUT2D eigenvalue weighted by Gasteiger charge is -2.39. The van der Waals surface area contributed by atoms with E-state index in [1.54, 1.807) is 23.6 Å². The predicted octanol–water partition coefficient (Wildman–Crippen LogP) is 3.26. The Balaban J connectivity index is 1.86. The van der Waals surface area contributed by atoms with Gasteiger partial charge in [-0.1, -0.05) is 0 Å². The summed E-state index contributed by atoms with van der Waals surface area (Å²) in [6.07, 6.45) is 0.860. The molecule has 3 aromatic rings. The van der Waals surface area contributed by atoms with Crippen molar-refractivity contribution in [2.24, 2.45) is 0 Å². The second-order valence-electron chi connectivity index (χ2n) is 8.41. The Morgan fingerprint density at radius 1 is 1.27 bits per heavy atom. The number of hydrogen-bond donors (Lipinski definition) is 2. The van der Waals surface area contributed by atoms with Crippen LogP contribution in [0.15, 0.2) is 30.5 Å². The van der Waals surface area contributed by atoms with Gasteiger partial charge in [0.2, 0.25) is 0 Å². The van der Waals surface area contributed by atoms with E-state index in [1.165, 1.54) is 11.9 Å². The van der Waals surface area contributed by atoms with Gasteiger partial charge >= 0.3 is 6.09 Å². The van der Waals surface area contributed by atoms with Crippen molar-refractivity contribution < 1.29 is 28.2 Å². The Morgan fingerprint density at radius 2 is 1.97 bits per heavy atom. The largest absolute Gasteiger partial charge is 0.465 e. The Hall–Kier alpha value is -3.53. The number of fused-ring (bicyclic) bond motifs is 1. The molecule has 1 aliphatic heterocycles. The van der Waals surface area contributed by atoms with E-state index in [-0.39, 0.29) is 42.9 Å². The summed E-state index contributed by atoms with van der Waals surface area (Å²) in [6, 6.07) is 5.58. The van der Waals surface area contributed by atoms with E-state index in [0.717, 1.165) is 17.7 Å². The van der Waals surface area contributed by atoms with Gasteiger partial charge in [0.25, 0.3) is 5.91 Å². The number of nitrogens with one attached hydrogen (secondary N) is 1. The van der Waals surface area contributed by atoms with E-state index in [0.29, 0.717) is 11.3 Å². The summed E-state index contributed by atoms with van der Waals surface area (Å²) >= 11 is 0. The zero-order valence-corrected chi connectivity index (χ0v) is 18.5. The number of carboxylic acid groups (broad SMARTS) is 1. The second-order valence-corrected chi connectivity index (χ2v) is 8.41. The smallest absolute Gasteiger partial charge is 0.407 e. The molecule has 4 rings (SSSR count). The number of hydrogen-bond acceptors (Lipinski definition) is 4. The van der Waals surface area contributed by atoms with Gasteiger partial charge in [-0.25, -0.2) is 18.6 Å². The SMILES string of the molecule is CNC(=O)c1cc(F)c(-c2nc3cc(C)ccn3c2CC2(C)CN(C(=O)O)CCO2)c(F)c1. The van der Waals surface area contributed by atoms with Gasteiger partial charge in [0, 0.05) is 31.8 Å². The summed E-state index contributed by atoms with van der Waals surface area (Å²) in [5.74, 6) is -2.45. The molecule has 0 radical (unpaired) electrons. The van der Waals surface area contributed by atoms with Crippen LogP contribution in [0.5, 0.6) is 0 Å². The molecule has 2 aromatic heterocycles. The molecule has 8 nitrogen and oxygen atoms in total. The van der Waals surface area contributed by atoms with Crippen LogP contribution < -0.4 is 5.32 Å². The molecule has 3 heterocycles. The van der Waals surface area contributed by atoms with Crippen molar-refractivity contribution in [1.29, 1.82) is 0 Å². The molecular weight excluding hydrogens is 434 g/mol. The molecule has 1 aliphatic rings. The number of carbonyl (C=O) groups excluding carboxylic acids is 1. The van der Waals surface area contributed by atoms with Gasteiger partial charge in [-0.2, -0.15) is 0 Å². The van der Waals surface area contributed by atoms with Gasteiger partial charge in [-0.15, -0.1) is 0 Å². The molecule has 2 N–H and O–H groups in total. The van der Waals surface area contributed by atoms with Crippen molar-refractivity contribution in [2.45, 2.75) is 25.9 Å². The number of pyridine rings is 1. The number of rotatable bonds is 4. The Kier molecular flexibility index (Phi) is 5.79. The van der Waals surface area contributed by atoms with Crippen molar-refractivity contribution in [3.63, 3.8) is 0 Å². The maximum absolute atomic E-state index is 15.1. The molecule has 0 spiro atoms. The van der Waals surface area contributed by atoms with E-state index in [4.69, 9.17) is 4.74 Å². The summed E-state index contributed by atoms with van der Waals surface area (Å²) in [7, 11) is 1.37. The van der Waals surface area contributed by atoms with Gasteiger partial charge in [-0.3, -0.25) is 4.79 Å². The van der Waals surface area contributed by atoms with Crippen molar-refractivity contribution >= 4 is 17.6 Å². The van der Waals surface area contributed by atoms with Gasteiger partial charge in [0.05, 0.1) is 35.7 Å². The Labute approximate surface area is 188 Å². The fourth-order valence-corrected chi connectivity index (χ4v) is 4.20. The third-order valence-electron chi connectivity index (χ3n) is 5.80. The van der Waals surface area contributed by atoms with Gasteiger partial charge < -0.3 is 24.5 Å². The van der Waals surface area contributed by atoms with Crippen LogP contribution in [0.2, 0.25) is 0 Å². The summed E-state index contributed by atoms with van der Waals surface area (Å²) in [5.41, 5.74) is 0.538. The van der Waals surface area contributed by atoms with Crippen LogP contribution >= 0.6 is 0 Å². The van der Waals surface area contributed by atoms with Crippen LogP contribution in [0.1, 0.15) is 28.5 Å². The highest BCUT2D eigenvalue weighted by Gasteiger charge is 2.37. The molecule has 2 amide bonds. The number of aromatic nitrogens is 2.